The zero-order valence-electron chi connectivity index (χ0n) is 13.8. The van der Waals surface area contributed by atoms with Crippen molar-refractivity contribution >= 4 is 28.7 Å². The van der Waals surface area contributed by atoms with Gasteiger partial charge in [0.05, 0.1) is 5.69 Å². The zero-order chi connectivity index (χ0) is 17.7. The van der Waals surface area contributed by atoms with Gasteiger partial charge < -0.3 is 15.4 Å². The van der Waals surface area contributed by atoms with Crippen LogP contribution in [0.4, 0.5) is 20.2 Å². The summed E-state index contributed by atoms with van der Waals surface area (Å²) in [4.78, 5) is 0. The number of anilines is 2. The number of aryl methyl sites for hydroxylation is 1. The van der Waals surface area contributed by atoms with Crippen LogP contribution in [0.3, 0.4) is 0 Å². The molecule has 0 unspecified atom stereocenters. The Morgan fingerprint density at radius 2 is 1.71 bits per heavy atom. The minimum absolute atomic E-state index is 0.0595. The standard InChI is InChI=1S/C18H20F2N2OS/c1-11(2)13-5-7-14(8-6-13)21-18(24)22-15-9-4-12(3)10-16(15)23-17(19)20/h4-11,17H,1-3H3,(H2,21,22,24). The Labute approximate surface area is 146 Å². The van der Waals surface area contributed by atoms with E-state index in [-0.39, 0.29) is 5.75 Å². The van der Waals surface area contributed by atoms with Crippen LogP contribution in [0.25, 0.3) is 0 Å². The van der Waals surface area contributed by atoms with Crippen LogP contribution in [0.15, 0.2) is 42.5 Å². The van der Waals surface area contributed by atoms with E-state index in [1.165, 1.54) is 11.6 Å². The molecule has 2 aromatic carbocycles. The second-order valence-electron chi connectivity index (χ2n) is 5.73. The molecule has 128 valence electrons. The molecule has 0 aliphatic rings. The number of thiocarbonyl (C=S) groups is 1. The van der Waals surface area contributed by atoms with E-state index < -0.39 is 6.61 Å². The molecule has 0 saturated carbocycles. The monoisotopic (exact) mass is 350 g/mol. The summed E-state index contributed by atoms with van der Waals surface area (Å²) in [5.41, 5.74) is 3.25. The lowest BCUT2D eigenvalue weighted by Crippen LogP contribution is -2.20. The van der Waals surface area contributed by atoms with Crippen molar-refractivity contribution in [1.29, 1.82) is 0 Å². The SMILES string of the molecule is Cc1ccc(NC(=S)Nc2ccc(C(C)C)cc2)c(OC(F)F)c1. The summed E-state index contributed by atoms with van der Waals surface area (Å²) < 4.78 is 29.6. The van der Waals surface area contributed by atoms with Crippen molar-refractivity contribution in [2.45, 2.75) is 33.3 Å². The van der Waals surface area contributed by atoms with Crippen LogP contribution in [0, 0.1) is 6.92 Å². The van der Waals surface area contributed by atoms with Gasteiger partial charge in [-0.15, -0.1) is 0 Å². The molecule has 24 heavy (non-hydrogen) atoms. The normalized spacial score (nSPS) is 10.8. The molecule has 0 bridgehead atoms. The maximum atomic E-state index is 12.5. The number of halogens is 2. The Hall–Kier alpha value is -2.21. The molecule has 2 aromatic rings. The second kappa shape index (κ2) is 8.06. The lowest BCUT2D eigenvalue weighted by atomic mass is 10.0. The Morgan fingerprint density at radius 3 is 2.29 bits per heavy atom. The van der Waals surface area contributed by atoms with Crippen molar-refractivity contribution in [3.8, 4) is 5.75 Å². The van der Waals surface area contributed by atoms with Crippen molar-refractivity contribution in [3.05, 3.63) is 53.6 Å². The Morgan fingerprint density at radius 1 is 1.04 bits per heavy atom. The molecule has 0 radical (unpaired) electrons. The van der Waals surface area contributed by atoms with E-state index in [0.717, 1.165) is 11.3 Å². The average Bonchev–Trinajstić information content (AvgIpc) is 2.50. The quantitative estimate of drug-likeness (QED) is 0.695. The summed E-state index contributed by atoms with van der Waals surface area (Å²) in [6.07, 6.45) is 0. The van der Waals surface area contributed by atoms with Crippen LogP contribution in [-0.2, 0) is 0 Å². The van der Waals surface area contributed by atoms with Gasteiger partial charge in [0.1, 0.15) is 5.75 Å². The van der Waals surface area contributed by atoms with Crippen molar-refractivity contribution in [1.82, 2.24) is 0 Å². The number of hydrogen-bond donors (Lipinski definition) is 2. The summed E-state index contributed by atoms with van der Waals surface area (Å²) >= 11 is 5.24. The first-order valence-electron chi connectivity index (χ1n) is 7.58. The number of alkyl halides is 2. The number of ether oxygens (including phenoxy) is 1. The van der Waals surface area contributed by atoms with Gasteiger partial charge in [0, 0.05) is 5.69 Å². The minimum Gasteiger partial charge on any atom is -0.433 e. The van der Waals surface area contributed by atoms with E-state index >= 15 is 0 Å². The molecule has 0 amide bonds. The number of nitrogens with one attached hydrogen (secondary N) is 2. The molecular weight excluding hydrogens is 330 g/mol. The molecule has 0 spiro atoms. The van der Waals surface area contributed by atoms with Crippen molar-refractivity contribution in [2.75, 3.05) is 10.6 Å². The second-order valence-corrected chi connectivity index (χ2v) is 6.14. The smallest absolute Gasteiger partial charge is 0.387 e. The van der Waals surface area contributed by atoms with Gasteiger partial charge >= 0.3 is 6.61 Å². The number of hydrogen-bond acceptors (Lipinski definition) is 2. The molecule has 0 fully saturated rings. The van der Waals surface area contributed by atoms with E-state index in [9.17, 15) is 8.78 Å². The van der Waals surface area contributed by atoms with E-state index in [4.69, 9.17) is 12.2 Å². The van der Waals surface area contributed by atoms with Gasteiger partial charge in [0.25, 0.3) is 0 Å². The Bertz CT molecular complexity index is 703. The lowest BCUT2D eigenvalue weighted by Gasteiger charge is -2.15. The van der Waals surface area contributed by atoms with Crippen molar-refractivity contribution < 1.29 is 13.5 Å². The van der Waals surface area contributed by atoms with Gasteiger partial charge in [-0.3, -0.25) is 0 Å². The van der Waals surface area contributed by atoms with Gasteiger partial charge in [0.2, 0.25) is 0 Å². The van der Waals surface area contributed by atoms with Gasteiger partial charge in [0.15, 0.2) is 5.11 Å². The van der Waals surface area contributed by atoms with Gasteiger partial charge in [-0.25, -0.2) is 0 Å². The predicted octanol–water partition coefficient (Wildman–Crippen LogP) is 5.53. The molecule has 0 aromatic heterocycles. The van der Waals surface area contributed by atoms with Crippen LogP contribution >= 0.6 is 12.2 Å². The fourth-order valence-corrected chi connectivity index (χ4v) is 2.39. The first kappa shape index (κ1) is 18.1. The van der Waals surface area contributed by atoms with Gasteiger partial charge in [-0.2, -0.15) is 8.78 Å². The van der Waals surface area contributed by atoms with Crippen LogP contribution in [-0.4, -0.2) is 11.7 Å². The van der Waals surface area contributed by atoms with Crippen LogP contribution in [0.2, 0.25) is 0 Å². The van der Waals surface area contributed by atoms with Crippen molar-refractivity contribution in [3.63, 3.8) is 0 Å². The number of rotatable bonds is 5. The molecule has 3 nitrogen and oxygen atoms in total. The summed E-state index contributed by atoms with van der Waals surface area (Å²) in [5, 5.41) is 6.22. The third-order valence-electron chi connectivity index (χ3n) is 3.44. The first-order chi connectivity index (χ1) is 11.3. The molecule has 2 rings (SSSR count). The largest absolute Gasteiger partial charge is 0.433 e. The minimum atomic E-state index is -2.89. The van der Waals surface area contributed by atoms with E-state index in [2.05, 4.69) is 29.2 Å². The fraction of sp³-hybridized carbons (Fsp3) is 0.278. The molecule has 6 heteroatoms. The fourth-order valence-electron chi connectivity index (χ4n) is 2.16. The first-order valence-corrected chi connectivity index (χ1v) is 7.99. The zero-order valence-corrected chi connectivity index (χ0v) is 14.6. The van der Waals surface area contributed by atoms with Crippen LogP contribution < -0.4 is 15.4 Å². The molecule has 0 saturated heterocycles. The third-order valence-corrected chi connectivity index (χ3v) is 3.64. The highest BCUT2D eigenvalue weighted by Crippen LogP contribution is 2.27. The van der Waals surface area contributed by atoms with Gasteiger partial charge in [-0.05, 0) is 60.5 Å². The predicted molar refractivity (Wildman–Crippen MR) is 98.2 cm³/mol. The van der Waals surface area contributed by atoms with Crippen LogP contribution in [0.1, 0.15) is 30.9 Å². The maximum Gasteiger partial charge on any atom is 0.387 e. The Kier molecular flexibility index (Phi) is 6.09. The topological polar surface area (TPSA) is 33.3 Å². The van der Waals surface area contributed by atoms with E-state index in [1.807, 2.05) is 24.3 Å². The highest BCUT2D eigenvalue weighted by molar-refractivity contribution is 7.80. The summed E-state index contributed by atoms with van der Waals surface area (Å²) in [7, 11) is 0. The molecule has 0 aliphatic heterocycles. The maximum absolute atomic E-state index is 12.5. The highest BCUT2D eigenvalue weighted by atomic mass is 32.1. The molecule has 0 atom stereocenters. The number of benzene rings is 2. The summed E-state index contributed by atoms with van der Waals surface area (Å²) in [6, 6.07) is 12.9. The lowest BCUT2D eigenvalue weighted by molar-refractivity contribution is -0.0493. The molecule has 2 N–H and O–H groups in total. The molecule has 0 heterocycles. The summed E-state index contributed by atoms with van der Waals surface area (Å²) in [5.74, 6) is 0.509. The van der Waals surface area contributed by atoms with Crippen LogP contribution in [0.5, 0.6) is 5.75 Å². The molecular formula is C18H20F2N2OS. The highest BCUT2D eigenvalue weighted by Gasteiger charge is 2.11. The molecule has 0 aliphatic carbocycles. The van der Waals surface area contributed by atoms with Crippen molar-refractivity contribution in [2.24, 2.45) is 0 Å². The van der Waals surface area contributed by atoms with E-state index in [0.29, 0.717) is 16.7 Å². The van der Waals surface area contributed by atoms with E-state index in [1.54, 1.807) is 19.1 Å². The third kappa shape index (κ3) is 5.16. The average molecular weight is 350 g/mol. The summed E-state index contributed by atoms with van der Waals surface area (Å²) in [6.45, 7) is 3.15. The van der Waals surface area contributed by atoms with Gasteiger partial charge in [-0.1, -0.05) is 32.0 Å². The Balaban J connectivity index is 2.06.